The van der Waals surface area contributed by atoms with Gasteiger partial charge in [-0.1, -0.05) is 170 Å². The van der Waals surface area contributed by atoms with E-state index in [1.165, 1.54) is 0 Å². The predicted octanol–water partition coefficient (Wildman–Crippen LogP) is 8.49. The molecule has 0 saturated carbocycles. The third kappa shape index (κ3) is 13.9. The quantitative estimate of drug-likeness (QED) is 0.0598. The molecule has 374 valence electrons. The molecule has 10 atom stereocenters. The number of carbonyl (C=O) groups excluding carboxylic acids is 3. The zero-order valence-electron chi connectivity index (χ0n) is 39.7. The highest BCUT2D eigenvalue weighted by Gasteiger charge is 2.56. The lowest BCUT2D eigenvalue weighted by Crippen LogP contribution is -2.66. The Hall–Kier alpha value is -6.59. The number of hydrogen-bond acceptors (Lipinski definition) is 14. The average Bonchev–Trinajstić information content (AvgIpc) is 3.43. The normalized spacial score (nSPS) is 25.6. The number of rotatable bonds is 18. The minimum atomic E-state index is -1.44. The number of ether oxygens (including phenoxy) is 11. The van der Waals surface area contributed by atoms with Crippen molar-refractivity contribution >= 4 is 17.9 Å². The van der Waals surface area contributed by atoms with Crippen molar-refractivity contribution in [1.82, 2.24) is 0 Å². The van der Waals surface area contributed by atoms with Crippen molar-refractivity contribution in [2.75, 3.05) is 13.2 Å². The second kappa shape index (κ2) is 25.7. The van der Waals surface area contributed by atoms with Crippen LogP contribution in [-0.4, -0.2) is 92.5 Å². The van der Waals surface area contributed by atoms with Gasteiger partial charge in [-0.3, -0.25) is 9.59 Å². The summed E-state index contributed by atoms with van der Waals surface area (Å²) >= 11 is 0. The van der Waals surface area contributed by atoms with Crippen LogP contribution < -0.4 is 0 Å². The minimum absolute atomic E-state index is 0.0358. The molecular formula is C58H58O14. The van der Waals surface area contributed by atoms with Gasteiger partial charge in [0.25, 0.3) is 0 Å². The van der Waals surface area contributed by atoms with E-state index >= 15 is 0 Å². The van der Waals surface area contributed by atoms with E-state index in [1.54, 1.807) is 30.3 Å². The first-order valence-corrected chi connectivity index (χ1v) is 24.2. The molecule has 3 aliphatic rings. The van der Waals surface area contributed by atoms with Gasteiger partial charge in [0.15, 0.2) is 24.8 Å². The molecule has 6 aromatic carbocycles. The van der Waals surface area contributed by atoms with E-state index in [0.717, 1.165) is 27.8 Å². The second-order valence-electron chi connectivity index (χ2n) is 17.6. The van der Waals surface area contributed by atoms with Crippen LogP contribution in [0.15, 0.2) is 182 Å². The maximum Gasteiger partial charge on any atom is 0.338 e. The Balaban J connectivity index is 1.13. The summed E-state index contributed by atoms with van der Waals surface area (Å²) in [6.07, 6.45) is -12.5. The molecule has 0 aliphatic carbocycles. The van der Waals surface area contributed by atoms with Gasteiger partial charge >= 0.3 is 17.9 Å². The summed E-state index contributed by atoms with van der Waals surface area (Å²) in [4.78, 5) is 41.9. The van der Waals surface area contributed by atoms with Crippen LogP contribution in [0.1, 0.15) is 51.0 Å². The van der Waals surface area contributed by atoms with Gasteiger partial charge in [-0.05, 0) is 39.9 Å². The third-order valence-corrected chi connectivity index (χ3v) is 12.4. The largest absolute Gasteiger partial charge is 0.463 e. The number of carbonyl (C=O) groups is 3. The van der Waals surface area contributed by atoms with Crippen LogP contribution in [0.3, 0.4) is 0 Å². The minimum Gasteiger partial charge on any atom is -0.463 e. The average molecular weight is 979 g/mol. The summed E-state index contributed by atoms with van der Waals surface area (Å²) in [5, 5.41) is 0. The first kappa shape index (κ1) is 50.4. The molecule has 14 nitrogen and oxygen atoms in total. The van der Waals surface area contributed by atoms with Crippen LogP contribution in [0.2, 0.25) is 0 Å². The molecule has 3 heterocycles. The van der Waals surface area contributed by atoms with Crippen molar-refractivity contribution in [3.8, 4) is 0 Å². The number of benzene rings is 6. The molecular weight excluding hydrogens is 921 g/mol. The zero-order chi connectivity index (χ0) is 49.3. The smallest absolute Gasteiger partial charge is 0.338 e. The maximum atomic E-state index is 14.2. The van der Waals surface area contributed by atoms with Gasteiger partial charge in [-0.2, -0.15) is 0 Å². The standard InChI is InChI=1S/C58H58O14/c59-48-31-32-49(60)70-53-51(46(38-62-33-40-19-7-1-8-20-40)68-57(67-37-44-27-15-5-16-28-44)55(53)71-56(61)45-29-17-6-18-30-45)72-58-54(66-36-43-25-13-4-14-26-43)52(65-35-42-23-11-3-12-24-42)50(47(69-58)39-63-48)64-34-41-21-9-2-10-22-41/h1-30,46-47,50-55,57-58H,31-39H2/t46-,47-,50-,51-,52+,53+,54+,55-,57+,58-/m1/s1. The number of fused-ring (bicyclic) bond motifs is 3. The van der Waals surface area contributed by atoms with Crippen LogP contribution in [0.4, 0.5) is 0 Å². The molecule has 3 saturated heterocycles. The SMILES string of the molecule is O=C1CCC(=O)O[C@@H]2[C@@H](OC(=O)c3ccccc3)[C@@H](OCc3ccccc3)O[C@H](COCc3ccccc3)[C@H]2O[C@H]2O[C@H](CO1)[C@@H](OCc1ccccc1)[C@H](OCc1ccccc1)[C@@H]2OCc1ccccc1. The molecule has 0 radical (unpaired) electrons. The molecule has 0 spiro atoms. The molecule has 72 heavy (non-hydrogen) atoms. The lowest BCUT2D eigenvalue weighted by atomic mass is 9.95. The van der Waals surface area contributed by atoms with Crippen molar-refractivity contribution < 1.29 is 66.5 Å². The van der Waals surface area contributed by atoms with E-state index in [4.69, 9.17) is 52.1 Å². The zero-order valence-corrected chi connectivity index (χ0v) is 39.7. The van der Waals surface area contributed by atoms with E-state index in [1.807, 2.05) is 152 Å². The molecule has 0 unspecified atom stereocenters. The Morgan fingerprint density at radius 3 is 1.46 bits per heavy atom. The molecule has 2 bridgehead atoms. The first-order valence-electron chi connectivity index (χ1n) is 24.2. The van der Waals surface area contributed by atoms with Gasteiger partial charge in [0.2, 0.25) is 0 Å². The Labute approximate surface area is 418 Å². The van der Waals surface area contributed by atoms with Crippen LogP contribution in [-0.2, 0) is 94.7 Å². The van der Waals surface area contributed by atoms with Gasteiger partial charge in [-0.15, -0.1) is 0 Å². The Morgan fingerprint density at radius 2 is 0.917 bits per heavy atom. The molecule has 9 rings (SSSR count). The van der Waals surface area contributed by atoms with Crippen molar-refractivity contribution in [1.29, 1.82) is 0 Å². The van der Waals surface area contributed by atoms with Gasteiger partial charge < -0.3 is 52.1 Å². The number of esters is 3. The lowest BCUT2D eigenvalue weighted by Gasteiger charge is -2.49. The van der Waals surface area contributed by atoms with E-state index in [9.17, 15) is 14.4 Å². The summed E-state index contributed by atoms with van der Waals surface area (Å²) in [6.45, 7) is 0.228. The molecule has 0 N–H and O–H groups in total. The van der Waals surface area contributed by atoms with Gasteiger partial charge in [-0.25, -0.2) is 4.79 Å². The molecule has 14 heteroatoms. The Kier molecular flexibility index (Phi) is 18.0. The van der Waals surface area contributed by atoms with E-state index in [2.05, 4.69) is 0 Å². The predicted molar refractivity (Wildman–Crippen MR) is 260 cm³/mol. The highest BCUT2D eigenvalue weighted by atomic mass is 16.8. The van der Waals surface area contributed by atoms with Crippen molar-refractivity contribution in [2.24, 2.45) is 0 Å². The van der Waals surface area contributed by atoms with Crippen LogP contribution in [0.5, 0.6) is 0 Å². The topological polar surface area (TPSA) is 153 Å². The fraction of sp³-hybridized carbons (Fsp3) is 0.328. The molecule has 0 amide bonds. The Bertz CT molecular complexity index is 2570. The lowest BCUT2D eigenvalue weighted by molar-refractivity contribution is -0.370. The maximum absolute atomic E-state index is 14.2. The fourth-order valence-electron chi connectivity index (χ4n) is 8.76. The number of cyclic esters (lactones) is 1. The van der Waals surface area contributed by atoms with Crippen molar-refractivity contribution in [3.63, 3.8) is 0 Å². The summed E-state index contributed by atoms with van der Waals surface area (Å²) in [7, 11) is 0. The van der Waals surface area contributed by atoms with Gasteiger partial charge in [0.05, 0.1) is 58.0 Å². The molecule has 3 fully saturated rings. The van der Waals surface area contributed by atoms with Crippen molar-refractivity contribution in [2.45, 2.75) is 107 Å². The Morgan fingerprint density at radius 1 is 0.458 bits per heavy atom. The van der Waals surface area contributed by atoms with E-state index in [-0.39, 0.29) is 64.7 Å². The monoisotopic (exact) mass is 978 g/mol. The molecule has 3 aliphatic heterocycles. The highest BCUT2D eigenvalue weighted by Crippen LogP contribution is 2.37. The molecule has 0 aromatic heterocycles. The summed E-state index contributed by atoms with van der Waals surface area (Å²) in [5.74, 6) is -2.19. The fourth-order valence-corrected chi connectivity index (χ4v) is 8.76. The second-order valence-corrected chi connectivity index (χ2v) is 17.6. The van der Waals surface area contributed by atoms with Crippen LogP contribution in [0, 0.1) is 0 Å². The van der Waals surface area contributed by atoms with Crippen LogP contribution >= 0.6 is 0 Å². The van der Waals surface area contributed by atoms with E-state index in [0.29, 0.717) is 0 Å². The van der Waals surface area contributed by atoms with Crippen molar-refractivity contribution in [3.05, 3.63) is 215 Å². The first-order chi connectivity index (χ1) is 35.4. The summed E-state index contributed by atoms with van der Waals surface area (Å²) in [6, 6.07) is 56.4. The number of hydrogen-bond donors (Lipinski definition) is 0. The summed E-state index contributed by atoms with van der Waals surface area (Å²) in [5.41, 5.74) is 4.56. The summed E-state index contributed by atoms with van der Waals surface area (Å²) < 4.78 is 73.0. The highest BCUT2D eigenvalue weighted by molar-refractivity contribution is 5.89. The van der Waals surface area contributed by atoms with Crippen LogP contribution in [0.25, 0.3) is 0 Å². The van der Waals surface area contributed by atoms with E-state index < -0.39 is 79.3 Å². The van der Waals surface area contributed by atoms with Gasteiger partial charge in [0.1, 0.15) is 43.2 Å². The third-order valence-electron chi connectivity index (χ3n) is 12.4. The van der Waals surface area contributed by atoms with Gasteiger partial charge in [0, 0.05) is 0 Å². The molecule has 6 aromatic rings.